The standard InChI is InChI=1S/C28H31N3O4S/c1-34-24-9-5-8-23(16-24)26-27(22-6-3-2-4-7-22)31(30-28(26)36-15-14-29)17-20-10-12-21(13-11-20)18-35-19-25(32)33/h2-9,16,20-21H,10-13,15,17-19H2,1H3,(H,32,33)/t20-,21+. The van der Waals surface area contributed by atoms with Gasteiger partial charge in [0, 0.05) is 17.7 Å². The minimum atomic E-state index is -0.923. The van der Waals surface area contributed by atoms with Crippen molar-refractivity contribution in [1.82, 2.24) is 9.78 Å². The number of ether oxygens (including phenoxy) is 2. The van der Waals surface area contributed by atoms with Crippen molar-refractivity contribution in [2.45, 2.75) is 37.3 Å². The lowest BCUT2D eigenvalue weighted by molar-refractivity contribution is -0.142. The molecule has 1 aliphatic rings. The van der Waals surface area contributed by atoms with Gasteiger partial charge in [-0.2, -0.15) is 10.4 Å². The molecule has 0 amide bonds. The van der Waals surface area contributed by atoms with Crippen LogP contribution >= 0.6 is 11.8 Å². The van der Waals surface area contributed by atoms with Gasteiger partial charge in [-0.15, -0.1) is 0 Å². The zero-order valence-electron chi connectivity index (χ0n) is 20.4. The Labute approximate surface area is 216 Å². The number of methoxy groups -OCH3 is 1. The maximum absolute atomic E-state index is 10.7. The van der Waals surface area contributed by atoms with E-state index in [1.54, 1.807) is 7.11 Å². The van der Waals surface area contributed by atoms with Gasteiger partial charge < -0.3 is 14.6 Å². The van der Waals surface area contributed by atoms with Gasteiger partial charge in [-0.05, 0) is 55.2 Å². The van der Waals surface area contributed by atoms with Crippen molar-refractivity contribution in [3.63, 3.8) is 0 Å². The van der Waals surface area contributed by atoms with Crippen LogP contribution in [0.4, 0.5) is 0 Å². The summed E-state index contributed by atoms with van der Waals surface area (Å²) in [4.78, 5) is 10.7. The Balaban J connectivity index is 1.63. The molecule has 8 heteroatoms. The predicted molar refractivity (Wildman–Crippen MR) is 140 cm³/mol. The van der Waals surface area contributed by atoms with E-state index < -0.39 is 5.97 Å². The van der Waals surface area contributed by atoms with E-state index in [1.165, 1.54) is 11.8 Å². The Hall–Kier alpha value is -3.28. The minimum absolute atomic E-state index is 0.232. The fourth-order valence-electron chi connectivity index (χ4n) is 4.84. The molecule has 3 aromatic rings. The number of carbonyl (C=O) groups is 1. The van der Waals surface area contributed by atoms with E-state index >= 15 is 0 Å². The van der Waals surface area contributed by atoms with E-state index in [9.17, 15) is 10.1 Å². The molecule has 36 heavy (non-hydrogen) atoms. The van der Waals surface area contributed by atoms with Crippen LogP contribution in [0.5, 0.6) is 5.75 Å². The SMILES string of the molecule is COc1cccc(-c2c(SCC#N)nn(C[C@H]3CC[C@@H](COCC(=O)O)CC3)c2-c2ccccc2)c1. The Morgan fingerprint density at radius 2 is 1.83 bits per heavy atom. The molecule has 1 saturated carbocycles. The normalized spacial score (nSPS) is 17.4. The molecule has 4 rings (SSSR count). The number of aliphatic carboxylic acids is 1. The summed E-state index contributed by atoms with van der Waals surface area (Å²) < 4.78 is 12.9. The van der Waals surface area contributed by atoms with E-state index in [1.807, 2.05) is 36.4 Å². The maximum atomic E-state index is 10.7. The first-order valence-electron chi connectivity index (χ1n) is 12.2. The number of hydrogen-bond donors (Lipinski definition) is 1. The summed E-state index contributed by atoms with van der Waals surface area (Å²) in [5, 5.41) is 24.0. The number of carboxylic acid groups (broad SMARTS) is 1. The molecule has 0 bridgehead atoms. The first-order valence-corrected chi connectivity index (χ1v) is 13.2. The molecule has 1 fully saturated rings. The Morgan fingerprint density at radius 1 is 1.11 bits per heavy atom. The largest absolute Gasteiger partial charge is 0.497 e. The lowest BCUT2D eigenvalue weighted by Gasteiger charge is -2.28. The Bertz CT molecular complexity index is 1200. The molecule has 1 N–H and O–H groups in total. The van der Waals surface area contributed by atoms with Crippen molar-refractivity contribution in [1.29, 1.82) is 5.26 Å². The van der Waals surface area contributed by atoms with Gasteiger partial charge in [-0.3, -0.25) is 4.68 Å². The van der Waals surface area contributed by atoms with Gasteiger partial charge in [0.15, 0.2) is 0 Å². The zero-order chi connectivity index (χ0) is 25.3. The van der Waals surface area contributed by atoms with Crippen molar-refractivity contribution in [3.05, 3.63) is 54.6 Å². The highest BCUT2D eigenvalue weighted by atomic mass is 32.2. The van der Waals surface area contributed by atoms with Gasteiger partial charge in [-0.25, -0.2) is 4.79 Å². The molecule has 188 valence electrons. The molecule has 1 heterocycles. The van der Waals surface area contributed by atoms with E-state index in [4.69, 9.17) is 19.7 Å². The fraction of sp³-hybridized carbons (Fsp3) is 0.393. The molecule has 0 spiro atoms. The van der Waals surface area contributed by atoms with Crippen LogP contribution in [0.3, 0.4) is 0 Å². The lowest BCUT2D eigenvalue weighted by atomic mass is 9.82. The Kier molecular flexibility index (Phi) is 9.04. The van der Waals surface area contributed by atoms with Gasteiger partial charge in [0.05, 0.1) is 31.2 Å². The number of carboxylic acids is 1. The fourth-order valence-corrected chi connectivity index (χ4v) is 5.56. The summed E-state index contributed by atoms with van der Waals surface area (Å²) in [6, 6.07) is 20.5. The molecule has 0 aliphatic heterocycles. The molecule has 0 atom stereocenters. The zero-order valence-corrected chi connectivity index (χ0v) is 21.2. The van der Waals surface area contributed by atoms with Crippen molar-refractivity contribution >= 4 is 17.7 Å². The highest BCUT2D eigenvalue weighted by molar-refractivity contribution is 7.99. The van der Waals surface area contributed by atoms with Crippen molar-refractivity contribution < 1.29 is 19.4 Å². The molecular weight excluding hydrogens is 474 g/mol. The lowest BCUT2D eigenvalue weighted by Crippen LogP contribution is -2.23. The summed E-state index contributed by atoms with van der Waals surface area (Å²) >= 11 is 1.46. The number of rotatable bonds is 11. The molecule has 0 radical (unpaired) electrons. The van der Waals surface area contributed by atoms with E-state index in [2.05, 4.69) is 29.0 Å². The van der Waals surface area contributed by atoms with Gasteiger partial charge >= 0.3 is 5.97 Å². The quantitative estimate of drug-likeness (QED) is 0.331. The molecule has 1 aliphatic carbocycles. The number of nitrogens with zero attached hydrogens (tertiary/aromatic N) is 3. The average molecular weight is 506 g/mol. The predicted octanol–water partition coefficient (Wildman–Crippen LogP) is 5.75. The highest BCUT2D eigenvalue weighted by Crippen LogP contribution is 2.41. The molecule has 1 aromatic heterocycles. The third-order valence-electron chi connectivity index (χ3n) is 6.58. The minimum Gasteiger partial charge on any atom is -0.497 e. The summed E-state index contributed by atoms with van der Waals surface area (Å²) in [6.45, 7) is 1.06. The Morgan fingerprint density at radius 3 is 2.53 bits per heavy atom. The molecule has 2 aromatic carbocycles. The first kappa shape index (κ1) is 25.8. The van der Waals surface area contributed by atoms with Crippen LogP contribution < -0.4 is 4.74 Å². The van der Waals surface area contributed by atoms with Crippen LogP contribution in [-0.4, -0.2) is 46.9 Å². The van der Waals surface area contributed by atoms with E-state index in [-0.39, 0.29) is 6.61 Å². The topological polar surface area (TPSA) is 97.4 Å². The highest BCUT2D eigenvalue weighted by Gasteiger charge is 2.26. The first-order chi connectivity index (χ1) is 17.6. The summed E-state index contributed by atoms with van der Waals surface area (Å²) in [6.07, 6.45) is 4.13. The molecule has 0 saturated heterocycles. The van der Waals surface area contributed by atoms with Gasteiger partial charge in [0.25, 0.3) is 0 Å². The second-order valence-electron chi connectivity index (χ2n) is 9.05. The molecule has 0 unspecified atom stereocenters. The summed E-state index contributed by atoms with van der Waals surface area (Å²) in [5.74, 6) is 1.05. The van der Waals surface area contributed by atoms with Crippen LogP contribution in [-0.2, 0) is 16.1 Å². The number of nitriles is 1. The average Bonchev–Trinajstić information content (AvgIpc) is 3.26. The van der Waals surface area contributed by atoms with Crippen molar-refractivity contribution in [2.24, 2.45) is 11.8 Å². The van der Waals surface area contributed by atoms with E-state index in [0.29, 0.717) is 24.2 Å². The third kappa shape index (κ3) is 6.48. The summed E-state index contributed by atoms with van der Waals surface area (Å²) in [7, 11) is 1.66. The maximum Gasteiger partial charge on any atom is 0.329 e. The van der Waals surface area contributed by atoms with E-state index in [0.717, 1.165) is 65.4 Å². The van der Waals surface area contributed by atoms with Gasteiger partial charge in [-0.1, -0.05) is 54.2 Å². The smallest absolute Gasteiger partial charge is 0.329 e. The van der Waals surface area contributed by atoms with Crippen LogP contribution in [0.25, 0.3) is 22.4 Å². The third-order valence-corrected chi connectivity index (χ3v) is 7.41. The second kappa shape index (κ2) is 12.6. The van der Waals surface area contributed by atoms with Gasteiger partial charge in [0.2, 0.25) is 0 Å². The van der Waals surface area contributed by atoms with Crippen molar-refractivity contribution in [3.8, 4) is 34.2 Å². The van der Waals surface area contributed by atoms with Gasteiger partial charge in [0.1, 0.15) is 17.4 Å². The molecule has 7 nitrogen and oxygen atoms in total. The monoisotopic (exact) mass is 505 g/mol. The van der Waals surface area contributed by atoms with Crippen LogP contribution in [0.1, 0.15) is 25.7 Å². The van der Waals surface area contributed by atoms with Crippen LogP contribution in [0.15, 0.2) is 59.6 Å². The number of aromatic nitrogens is 2. The van der Waals surface area contributed by atoms with Crippen molar-refractivity contribution in [2.75, 3.05) is 26.1 Å². The van der Waals surface area contributed by atoms with Crippen LogP contribution in [0.2, 0.25) is 0 Å². The second-order valence-corrected chi connectivity index (χ2v) is 10.0. The van der Waals surface area contributed by atoms with Crippen LogP contribution in [0, 0.1) is 23.2 Å². The number of hydrogen-bond acceptors (Lipinski definition) is 6. The number of benzene rings is 2. The molecular formula is C28H31N3O4S. The summed E-state index contributed by atoms with van der Waals surface area (Å²) in [5.41, 5.74) is 4.17. The number of thioether (sulfide) groups is 1.